The maximum atomic E-state index is 13.5. The van der Waals surface area contributed by atoms with Gasteiger partial charge in [-0.15, -0.1) is 0 Å². The summed E-state index contributed by atoms with van der Waals surface area (Å²) in [5, 5.41) is 14.0. The summed E-state index contributed by atoms with van der Waals surface area (Å²) in [6, 6.07) is 27.8. The minimum Gasteiger partial charge on any atom is -0.489 e. The molecule has 1 aliphatic heterocycles. The molecule has 0 fully saturated rings. The number of hydrogen-bond donors (Lipinski definition) is 1. The Balaban J connectivity index is 1.42. The summed E-state index contributed by atoms with van der Waals surface area (Å²) >= 11 is 6.06. The van der Waals surface area contributed by atoms with E-state index in [-0.39, 0.29) is 17.6 Å². The molecule has 0 amide bonds. The van der Waals surface area contributed by atoms with Gasteiger partial charge in [-0.2, -0.15) is 5.26 Å². The van der Waals surface area contributed by atoms with Gasteiger partial charge in [0.05, 0.1) is 17.6 Å². The van der Waals surface area contributed by atoms with Crippen LogP contribution in [-0.2, 0) is 11.4 Å². The Bertz CT molecular complexity index is 1350. The van der Waals surface area contributed by atoms with Gasteiger partial charge in [0, 0.05) is 28.4 Å². The first-order valence-corrected chi connectivity index (χ1v) is 12.1. The molecule has 5 rings (SSSR count). The Hall–Kier alpha value is -3.81. The molecular formula is C30H25ClN2O2. The van der Waals surface area contributed by atoms with Gasteiger partial charge in [-0.05, 0) is 60.2 Å². The number of Topliss-reactive ketones (excluding diaryl/α,β-unsaturated/α-hetero) is 1. The second-order valence-electron chi connectivity index (χ2n) is 9.02. The Morgan fingerprint density at radius 3 is 2.34 bits per heavy atom. The van der Waals surface area contributed by atoms with Crippen LogP contribution in [0.1, 0.15) is 48.3 Å². The zero-order valence-electron chi connectivity index (χ0n) is 19.4. The van der Waals surface area contributed by atoms with Gasteiger partial charge in [-0.1, -0.05) is 66.2 Å². The van der Waals surface area contributed by atoms with Crippen LogP contribution in [0.4, 0.5) is 0 Å². The fourth-order valence-corrected chi connectivity index (χ4v) is 5.11. The summed E-state index contributed by atoms with van der Waals surface area (Å²) < 4.78 is 5.93. The van der Waals surface area contributed by atoms with Gasteiger partial charge in [-0.25, -0.2) is 0 Å². The number of ketones is 1. The fourth-order valence-electron chi connectivity index (χ4n) is 4.99. The van der Waals surface area contributed by atoms with Crippen LogP contribution in [0.15, 0.2) is 101 Å². The van der Waals surface area contributed by atoms with Crippen molar-refractivity contribution in [2.45, 2.75) is 38.2 Å². The van der Waals surface area contributed by atoms with E-state index in [1.54, 1.807) is 0 Å². The van der Waals surface area contributed by atoms with Crippen LogP contribution < -0.4 is 10.1 Å². The summed E-state index contributed by atoms with van der Waals surface area (Å²) in [4.78, 5) is 13.5. The van der Waals surface area contributed by atoms with Gasteiger partial charge < -0.3 is 10.1 Å². The lowest BCUT2D eigenvalue weighted by Gasteiger charge is -2.35. The van der Waals surface area contributed by atoms with Crippen molar-refractivity contribution in [3.8, 4) is 11.8 Å². The van der Waals surface area contributed by atoms with Crippen molar-refractivity contribution in [1.29, 1.82) is 5.26 Å². The monoisotopic (exact) mass is 480 g/mol. The SMILES string of the molecule is CC1=C(C#N)[C@@H](c2ccc(OCc3ccccc3)cc2)C2=C(C[C@H](c3ccc(Cl)cc3)CC2=O)N1. The number of nitrogens with one attached hydrogen (secondary N) is 1. The number of hydrogen-bond acceptors (Lipinski definition) is 4. The summed E-state index contributed by atoms with van der Waals surface area (Å²) in [6.45, 7) is 2.39. The quantitative estimate of drug-likeness (QED) is 0.436. The Labute approximate surface area is 210 Å². The number of rotatable bonds is 5. The predicted molar refractivity (Wildman–Crippen MR) is 137 cm³/mol. The third kappa shape index (κ3) is 4.73. The molecule has 35 heavy (non-hydrogen) atoms. The van der Waals surface area contributed by atoms with Crippen LogP contribution in [0, 0.1) is 11.3 Å². The van der Waals surface area contributed by atoms with Crippen molar-refractivity contribution in [1.82, 2.24) is 5.32 Å². The van der Waals surface area contributed by atoms with Crippen LogP contribution in [0.25, 0.3) is 0 Å². The van der Waals surface area contributed by atoms with E-state index in [4.69, 9.17) is 16.3 Å². The van der Waals surface area contributed by atoms with Gasteiger partial charge in [-0.3, -0.25) is 4.79 Å². The van der Waals surface area contributed by atoms with Crippen LogP contribution in [0.5, 0.6) is 5.75 Å². The van der Waals surface area contributed by atoms with Gasteiger partial charge in [0.1, 0.15) is 12.4 Å². The number of dihydropyridines is 1. The molecule has 3 aromatic rings. The number of carbonyl (C=O) groups is 1. The van der Waals surface area contributed by atoms with Crippen LogP contribution in [0.2, 0.25) is 5.02 Å². The Kier molecular flexibility index (Phi) is 6.44. The predicted octanol–water partition coefficient (Wildman–Crippen LogP) is 6.80. The number of benzene rings is 3. The molecular weight excluding hydrogens is 456 g/mol. The number of ether oxygens (including phenoxy) is 1. The van der Waals surface area contributed by atoms with Gasteiger partial charge in [0.25, 0.3) is 0 Å². The number of nitrogens with zero attached hydrogens (tertiary/aromatic N) is 1. The second-order valence-corrected chi connectivity index (χ2v) is 9.46. The normalized spacial score (nSPS) is 19.6. The maximum Gasteiger partial charge on any atom is 0.162 e. The summed E-state index contributed by atoms with van der Waals surface area (Å²) in [6.07, 6.45) is 1.13. The zero-order valence-corrected chi connectivity index (χ0v) is 20.2. The van der Waals surface area contributed by atoms with Crippen molar-refractivity contribution in [3.63, 3.8) is 0 Å². The minimum absolute atomic E-state index is 0.0772. The minimum atomic E-state index is -0.377. The smallest absolute Gasteiger partial charge is 0.162 e. The molecule has 4 nitrogen and oxygen atoms in total. The molecule has 0 bridgehead atoms. The molecule has 2 aliphatic rings. The standard InChI is InChI=1S/C30H25ClN2O2/c1-19-26(17-32)29(22-9-13-25(14-10-22)35-18-20-5-3-2-4-6-20)30-27(33-19)15-23(16-28(30)34)21-7-11-24(31)12-8-21/h2-14,23,29,33H,15-16,18H2,1H3/t23-,29+/m0/s1. The van der Waals surface area contributed by atoms with Crippen LogP contribution >= 0.6 is 11.6 Å². The summed E-state index contributed by atoms with van der Waals surface area (Å²) in [7, 11) is 0. The highest BCUT2D eigenvalue weighted by molar-refractivity contribution is 6.30. The number of allylic oxidation sites excluding steroid dienone is 4. The molecule has 1 N–H and O–H groups in total. The highest BCUT2D eigenvalue weighted by Gasteiger charge is 2.38. The third-order valence-electron chi connectivity index (χ3n) is 6.75. The Morgan fingerprint density at radius 1 is 0.971 bits per heavy atom. The molecule has 174 valence electrons. The molecule has 1 heterocycles. The first-order valence-electron chi connectivity index (χ1n) is 11.7. The number of carbonyl (C=O) groups excluding carboxylic acids is 1. The van der Waals surface area contributed by atoms with Crippen molar-refractivity contribution in [3.05, 3.63) is 123 Å². The number of nitriles is 1. The second kappa shape index (κ2) is 9.82. The average Bonchev–Trinajstić information content (AvgIpc) is 2.88. The molecule has 0 spiro atoms. The van der Waals surface area contributed by atoms with Gasteiger partial charge >= 0.3 is 0 Å². The molecule has 0 saturated carbocycles. The molecule has 2 atom stereocenters. The summed E-state index contributed by atoms with van der Waals surface area (Å²) in [5.41, 5.74) is 6.10. The van der Waals surface area contributed by atoms with Crippen molar-refractivity contribution in [2.75, 3.05) is 0 Å². The zero-order chi connectivity index (χ0) is 24.4. The third-order valence-corrected chi connectivity index (χ3v) is 7.00. The number of halogens is 1. The Morgan fingerprint density at radius 2 is 1.66 bits per heavy atom. The van der Waals surface area contributed by atoms with Gasteiger partial charge in [0.2, 0.25) is 0 Å². The first-order chi connectivity index (χ1) is 17.0. The van der Waals surface area contributed by atoms with Crippen molar-refractivity contribution < 1.29 is 9.53 Å². The van der Waals surface area contributed by atoms with E-state index in [0.29, 0.717) is 35.6 Å². The largest absolute Gasteiger partial charge is 0.489 e. The molecule has 0 saturated heterocycles. The van der Waals surface area contributed by atoms with E-state index in [1.165, 1.54) is 0 Å². The van der Waals surface area contributed by atoms with E-state index < -0.39 is 0 Å². The van der Waals surface area contributed by atoms with E-state index in [2.05, 4.69) is 11.4 Å². The lowest BCUT2D eigenvalue weighted by Crippen LogP contribution is -2.33. The molecule has 0 aromatic heterocycles. The van der Waals surface area contributed by atoms with Gasteiger partial charge in [0.15, 0.2) is 5.78 Å². The molecule has 1 aliphatic carbocycles. The lowest BCUT2D eigenvalue weighted by atomic mass is 9.72. The average molecular weight is 481 g/mol. The molecule has 3 aromatic carbocycles. The van der Waals surface area contributed by atoms with Crippen LogP contribution in [-0.4, -0.2) is 5.78 Å². The lowest BCUT2D eigenvalue weighted by molar-refractivity contribution is -0.116. The van der Waals surface area contributed by atoms with E-state index in [1.807, 2.05) is 85.8 Å². The van der Waals surface area contributed by atoms with Crippen molar-refractivity contribution >= 4 is 17.4 Å². The first kappa shape index (κ1) is 23.0. The molecule has 0 radical (unpaired) electrons. The molecule has 5 heteroatoms. The topological polar surface area (TPSA) is 62.1 Å². The highest BCUT2D eigenvalue weighted by Crippen LogP contribution is 2.45. The van der Waals surface area contributed by atoms with Crippen LogP contribution in [0.3, 0.4) is 0 Å². The summed E-state index contributed by atoms with van der Waals surface area (Å²) in [5.74, 6) is 0.529. The molecule has 0 unspecified atom stereocenters. The van der Waals surface area contributed by atoms with E-state index in [9.17, 15) is 10.1 Å². The maximum absolute atomic E-state index is 13.5. The van der Waals surface area contributed by atoms with E-state index in [0.717, 1.165) is 33.8 Å². The van der Waals surface area contributed by atoms with E-state index >= 15 is 0 Å². The van der Waals surface area contributed by atoms with Crippen molar-refractivity contribution in [2.24, 2.45) is 0 Å². The fraction of sp³-hybridized carbons (Fsp3) is 0.200. The highest BCUT2D eigenvalue weighted by atomic mass is 35.5.